The molecular formula is C23H31N3O4S. The van der Waals surface area contributed by atoms with E-state index in [9.17, 15) is 19.5 Å². The van der Waals surface area contributed by atoms with E-state index in [0.29, 0.717) is 19.5 Å². The average Bonchev–Trinajstić information content (AvgIpc) is 3.32. The third-order valence-electron chi connectivity index (χ3n) is 7.01. The summed E-state index contributed by atoms with van der Waals surface area (Å²) < 4.78 is -0.989. The highest BCUT2D eigenvalue weighted by Gasteiger charge is 2.76. The lowest BCUT2D eigenvalue weighted by atomic mass is 9.66. The van der Waals surface area contributed by atoms with Crippen LogP contribution in [0.15, 0.2) is 30.3 Å². The first kappa shape index (κ1) is 22.1. The number of carbonyl (C=O) groups excluding carboxylic acids is 3. The van der Waals surface area contributed by atoms with Gasteiger partial charge in [-0.05, 0) is 31.7 Å². The van der Waals surface area contributed by atoms with Crippen LogP contribution in [0.5, 0.6) is 0 Å². The molecule has 3 heterocycles. The number of thioether (sulfide) groups is 1. The zero-order valence-corrected chi connectivity index (χ0v) is 18.9. The lowest BCUT2D eigenvalue weighted by Crippen LogP contribution is -2.54. The number of aliphatic hydroxyl groups excluding tert-OH is 1. The molecular weight excluding hydrogens is 414 g/mol. The standard InChI is InChI=1S/C23H31N3O4S/c1-3-11-24-19(28)16-17-21(30)26(12-13-27)18(23(17)10-9-22(16,2)31-23)20(29)25-14-15-7-5-4-6-8-15/h4-8,16-18,27H,3,9-14H2,1-2H3,(H,24,28)(H,25,29)/t16-,17-,18?,22+,23?/m0/s1. The molecule has 7 nitrogen and oxygen atoms in total. The van der Waals surface area contributed by atoms with E-state index in [1.165, 1.54) is 4.90 Å². The zero-order valence-electron chi connectivity index (χ0n) is 18.1. The number of nitrogens with one attached hydrogen (secondary N) is 2. The van der Waals surface area contributed by atoms with Crippen molar-refractivity contribution in [1.82, 2.24) is 15.5 Å². The maximum atomic E-state index is 13.5. The minimum absolute atomic E-state index is 0.0916. The van der Waals surface area contributed by atoms with Gasteiger partial charge in [0.25, 0.3) is 0 Å². The predicted molar refractivity (Wildman–Crippen MR) is 119 cm³/mol. The maximum Gasteiger partial charge on any atom is 0.244 e. The summed E-state index contributed by atoms with van der Waals surface area (Å²) in [7, 11) is 0. The first-order valence-electron chi connectivity index (χ1n) is 11.1. The largest absolute Gasteiger partial charge is 0.395 e. The summed E-state index contributed by atoms with van der Waals surface area (Å²) in [6, 6.07) is 8.96. The molecule has 3 N–H and O–H groups in total. The molecule has 3 fully saturated rings. The summed E-state index contributed by atoms with van der Waals surface area (Å²) in [5.74, 6) is -1.47. The molecule has 4 rings (SSSR count). The van der Waals surface area contributed by atoms with Crippen LogP contribution in [-0.4, -0.2) is 63.0 Å². The van der Waals surface area contributed by atoms with Gasteiger partial charge in [-0.3, -0.25) is 14.4 Å². The second-order valence-corrected chi connectivity index (χ2v) is 10.9. The van der Waals surface area contributed by atoms with Crippen molar-refractivity contribution in [1.29, 1.82) is 0 Å². The van der Waals surface area contributed by atoms with Crippen LogP contribution in [0.4, 0.5) is 0 Å². The summed E-state index contributed by atoms with van der Waals surface area (Å²) in [6.07, 6.45) is 2.34. The Balaban J connectivity index is 1.63. The predicted octanol–water partition coefficient (Wildman–Crippen LogP) is 1.30. The Morgan fingerprint density at radius 2 is 1.94 bits per heavy atom. The Hall–Kier alpha value is -2.06. The Bertz CT molecular complexity index is 866. The Morgan fingerprint density at radius 1 is 1.19 bits per heavy atom. The minimum atomic E-state index is -0.684. The number of likely N-dealkylation sites (tertiary alicyclic amines) is 1. The molecule has 1 spiro atoms. The number of aliphatic hydroxyl groups is 1. The van der Waals surface area contributed by atoms with Gasteiger partial charge in [0.2, 0.25) is 17.7 Å². The van der Waals surface area contributed by atoms with Gasteiger partial charge in [0, 0.05) is 24.4 Å². The second-order valence-electron chi connectivity index (χ2n) is 8.98. The molecule has 3 aliphatic heterocycles. The van der Waals surface area contributed by atoms with E-state index in [1.807, 2.05) is 37.3 Å². The molecule has 2 bridgehead atoms. The van der Waals surface area contributed by atoms with Gasteiger partial charge < -0.3 is 20.6 Å². The monoisotopic (exact) mass is 445 g/mol. The van der Waals surface area contributed by atoms with Crippen LogP contribution in [0.25, 0.3) is 0 Å². The smallest absolute Gasteiger partial charge is 0.244 e. The number of carbonyl (C=O) groups is 3. The molecule has 3 saturated heterocycles. The molecule has 2 unspecified atom stereocenters. The molecule has 3 aliphatic rings. The van der Waals surface area contributed by atoms with Gasteiger partial charge in [0.05, 0.1) is 23.2 Å². The normalized spacial score (nSPS) is 33.5. The van der Waals surface area contributed by atoms with E-state index in [0.717, 1.165) is 18.4 Å². The van der Waals surface area contributed by atoms with Crippen molar-refractivity contribution in [3.05, 3.63) is 35.9 Å². The SMILES string of the molecule is CCCNC(=O)[C@@H]1[C@H]2C(=O)N(CCO)C(C(=O)NCc3ccccc3)C23CC[C@@]1(C)S3. The van der Waals surface area contributed by atoms with E-state index in [4.69, 9.17) is 0 Å². The average molecular weight is 446 g/mol. The molecule has 1 aromatic carbocycles. The van der Waals surface area contributed by atoms with Gasteiger partial charge >= 0.3 is 0 Å². The Kier molecular flexibility index (Phi) is 6.05. The number of β-amino-alcohol motifs (C(OH)–C–C–N with tert-alkyl or cyclic N) is 1. The van der Waals surface area contributed by atoms with Crippen LogP contribution in [0.1, 0.15) is 38.7 Å². The van der Waals surface area contributed by atoms with Crippen LogP contribution in [0.3, 0.4) is 0 Å². The number of rotatable bonds is 8. The molecule has 3 amide bonds. The lowest BCUT2D eigenvalue weighted by molar-refractivity contribution is -0.141. The Morgan fingerprint density at radius 3 is 2.61 bits per heavy atom. The van der Waals surface area contributed by atoms with Crippen LogP contribution in [0, 0.1) is 11.8 Å². The molecule has 31 heavy (non-hydrogen) atoms. The van der Waals surface area contributed by atoms with Gasteiger partial charge in [0.15, 0.2) is 0 Å². The van der Waals surface area contributed by atoms with Crippen molar-refractivity contribution in [3.8, 4) is 0 Å². The Labute approximate surface area is 187 Å². The number of hydrogen-bond donors (Lipinski definition) is 3. The fourth-order valence-electron chi connectivity index (χ4n) is 5.72. The molecule has 1 aromatic rings. The van der Waals surface area contributed by atoms with Crippen molar-refractivity contribution in [2.24, 2.45) is 11.8 Å². The molecule has 5 atom stereocenters. The quantitative estimate of drug-likeness (QED) is 0.560. The van der Waals surface area contributed by atoms with Gasteiger partial charge in [-0.15, -0.1) is 11.8 Å². The first-order chi connectivity index (χ1) is 14.9. The van der Waals surface area contributed by atoms with Crippen molar-refractivity contribution in [2.45, 2.75) is 55.2 Å². The molecule has 0 aliphatic carbocycles. The second kappa shape index (κ2) is 8.47. The van der Waals surface area contributed by atoms with E-state index in [2.05, 4.69) is 17.6 Å². The third-order valence-corrected chi connectivity index (χ3v) is 8.99. The molecule has 168 valence electrons. The number of benzene rings is 1. The summed E-state index contributed by atoms with van der Waals surface area (Å²) >= 11 is 1.65. The van der Waals surface area contributed by atoms with E-state index >= 15 is 0 Å². The van der Waals surface area contributed by atoms with Crippen molar-refractivity contribution in [2.75, 3.05) is 19.7 Å². The van der Waals surface area contributed by atoms with Crippen LogP contribution < -0.4 is 10.6 Å². The van der Waals surface area contributed by atoms with Crippen LogP contribution >= 0.6 is 11.8 Å². The highest BCUT2D eigenvalue weighted by atomic mass is 32.2. The number of nitrogens with zero attached hydrogens (tertiary/aromatic N) is 1. The van der Waals surface area contributed by atoms with E-state index in [-0.39, 0.29) is 35.6 Å². The van der Waals surface area contributed by atoms with Gasteiger partial charge in [-0.2, -0.15) is 0 Å². The van der Waals surface area contributed by atoms with Crippen molar-refractivity contribution >= 4 is 29.5 Å². The van der Waals surface area contributed by atoms with Crippen LogP contribution in [0.2, 0.25) is 0 Å². The number of amides is 3. The maximum absolute atomic E-state index is 13.5. The molecule has 0 aromatic heterocycles. The summed E-state index contributed by atoms with van der Waals surface area (Å²) in [6.45, 7) is 4.89. The fraction of sp³-hybridized carbons (Fsp3) is 0.609. The first-order valence-corrected chi connectivity index (χ1v) is 11.9. The van der Waals surface area contributed by atoms with E-state index < -0.39 is 22.6 Å². The number of fused-ring (bicyclic) bond motifs is 1. The fourth-order valence-corrected chi connectivity index (χ4v) is 8.07. The third kappa shape index (κ3) is 3.53. The molecule has 0 saturated carbocycles. The topological polar surface area (TPSA) is 98.7 Å². The lowest BCUT2D eigenvalue weighted by Gasteiger charge is -2.34. The van der Waals surface area contributed by atoms with Gasteiger partial charge in [-0.25, -0.2) is 0 Å². The molecule has 8 heteroatoms. The summed E-state index contributed by atoms with van der Waals surface area (Å²) in [5, 5.41) is 15.6. The van der Waals surface area contributed by atoms with E-state index in [1.54, 1.807) is 11.8 Å². The minimum Gasteiger partial charge on any atom is -0.395 e. The van der Waals surface area contributed by atoms with Gasteiger partial charge in [0.1, 0.15) is 6.04 Å². The van der Waals surface area contributed by atoms with Crippen molar-refractivity contribution in [3.63, 3.8) is 0 Å². The highest BCUT2D eigenvalue weighted by molar-refractivity contribution is 8.02. The van der Waals surface area contributed by atoms with Crippen LogP contribution in [-0.2, 0) is 20.9 Å². The summed E-state index contributed by atoms with van der Waals surface area (Å²) in [5.41, 5.74) is 0.982. The molecule has 0 radical (unpaired) electrons. The van der Waals surface area contributed by atoms with Gasteiger partial charge in [-0.1, -0.05) is 37.3 Å². The number of hydrogen-bond acceptors (Lipinski definition) is 5. The van der Waals surface area contributed by atoms with Crippen molar-refractivity contribution < 1.29 is 19.5 Å². The zero-order chi connectivity index (χ0) is 22.2. The highest BCUT2D eigenvalue weighted by Crippen LogP contribution is 2.71. The summed E-state index contributed by atoms with van der Waals surface area (Å²) in [4.78, 5) is 41.6.